The van der Waals surface area contributed by atoms with E-state index in [2.05, 4.69) is 66.9 Å². The molecule has 0 fully saturated rings. The summed E-state index contributed by atoms with van der Waals surface area (Å²) in [6, 6.07) is 16.9. The van der Waals surface area contributed by atoms with E-state index in [0.717, 1.165) is 25.2 Å². The Morgan fingerprint density at radius 1 is 1.04 bits per heavy atom. The van der Waals surface area contributed by atoms with Crippen molar-refractivity contribution in [1.82, 2.24) is 0 Å². The van der Waals surface area contributed by atoms with Crippen LogP contribution < -0.4 is 32.4 Å². The van der Waals surface area contributed by atoms with Gasteiger partial charge in [0.2, 0.25) is 10.5 Å². The molecule has 0 bridgehead atoms. The molecule has 0 saturated carbocycles. The van der Waals surface area contributed by atoms with Crippen molar-refractivity contribution in [1.29, 1.82) is 0 Å². The molecule has 0 radical (unpaired) electrons. The summed E-state index contributed by atoms with van der Waals surface area (Å²) in [7, 11) is 0. The first-order valence-corrected chi connectivity index (χ1v) is 8.43. The maximum absolute atomic E-state index is 6.16. The van der Waals surface area contributed by atoms with E-state index in [1.807, 2.05) is 16.3 Å². The minimum Gasteiger partial charge on any atom is -1.00 e. The van der Waals surface area contributed by atoms with Crippen molar-refractivity contribution >= 4 is 27.2 Å². The predicted octanol–water partition coefficient (Wildman–Crippen LogP) is 0.580. The van der Waals surface area contributed by atoms with E-state index in [-0.39, 0.29) is 17.0 Å². The molecular weight excluding hydrogens is 370 g/mol. The average molecular weight is 392 g/mol. The molecule has 1 heterocycles. The van der Waals surface area contributed by atoms with E-state index in [0.29, 0.717) is 0 Å². The molecule has 2 N–H and O–H groups in total. The highest BCUT2D eigenvalue weighted by Crippen LogP contribution is 2.19. The molecule has 0 unspecified atom stereocenters. The first kappa shape index (κ1) is 17.9. The number of hydrogen-bond acceptors (Lipinski definition) is 3. The summed E-state index contributed by atoms with van der Waals surface area (Å²) in [5.74, 6) is 6.16. The zero-order chi connectivity index (χ0) is 15.5. The Hall–Kier alpha value is -1.43. The number of anilines is 1. The Kier molecular flexibility index (Phi) is 6.16. The molecule has 1 aromatic heterocycles. The van der Waals surface area contributed by atoms with Crippen LogP contribution in [0.3, 0.4) is 0 Å². The predicted molar refractivity (Wildman–Crippen MR) is 94.1 cm³/mol. The standard InChI is InChI=1S/C18H22N3S.BrH/c1-14-8-10-16(11-9-14)21(19)13-5-12-20-15(2)22-18-7-4-3-6-17(18)20;/h3-4,6-11H,5,12-13,19H2,1-2H3;1H/q+1;/p-1. The molecular formula is C18H22BrN3S. The summed E-state index contributed by atoms with van der Waals surface area (Å²) in [6.45, 7) is 6.12. The first-order chi connectivity index (χ1) is 10.6. The molecule has 122 valence electrons. The fourth-order valence-electron chi connectivity index (χ4n) is 2.69. The van der Waals surface area contributed by atoms with Crippen molar-refractivity contribution < 1.29 is 21.5 Å². The third kappa shape index (κ3) is 4.10. The van der Waals surface area contributed by atoms with Crippen LogP contribution in [-0.4, -0.2) is 6.54 Å². The van der Waals surface area contributed by atoms with Crippen LogP contribution in [0.15, 0.2) is 48.5 Å². The Bertz CT molecular complexity index is 768. The second kappa shape index (κ2) is 7.90. The quantitative estimate of drug-likeness (QED) is 0.392. The van der Waals surface area contributed by atoms with Gasteiger partial charge in [-0.05, 0) is 25.1 Å². The number of rotatable bonds is 5. The molecule has 5 heteroatoms. The number of aryl methyl sites for hydroxylation is 3. The lowest BCUT2D eigenvalue weighted by Gasteiger charge is -2.18. The average Bonchev–Trinajstić information content (AvgIpc) is 2.84. The van der Waals surface area contributed by atoms with Gasteiger partial charge >= 0.3 is 0 Å². The monoisotopic (exact) mass is 391 g/mol. The van der Waals surface area contributed by atoms with Gasteiger partial charge in [-0.3, -0.25) is 0 Å². The van der Waals surface area contributed by atoms with Crippen LogP contribution in [0.25, 0.3) is 10.2 Å². The number of hydrogen-bond donors (Lipinski definition) is 1. The minimum absolute atomic E-state index is 0. The van der Waals surface area contributed by atoms with Gasteiger partial charge < -0.3 is 22.0 Å². The Balaban J connectivity index is 0.00000192. The van der Waals surface area contributed by atoms with Crippen LogP contribution in [0, 0.1) is 13.8 Å². The number of nitrogens with two attached hydrogens (primary N) is 1. The third-order valence-corrected chi connectivity index (χ3v) is 5.02. The van der Waals surface area contributed by atoms with E-state index < -0.39 is 0 Å². The van der Waals surface area contributed by atoms with Crippen LogP contribution in [-0.2, 0) is 6.54 Å². The molecule has 0 amide bonds. The first-order valence-electron chi connectivity index (χ1n) is 7.62. The van der Waals surface area contributed by atoms with Crippen molar-refractivity contribution in [3.05, 3.63) is 59.1 Å². The molecule has 0 aliphatic heterocycles. The summed E-state index contributed by atoms with van der Waals surface area (Å²) >= 11 is 1.85. The number of thiazole rings is 1. The smallest absolute Gasteiger partial charge is 0.235 e. The largest absolute Gasteiger partial charge is 1.00 e. The Morgan fingerprint density at radius 3 is 2.48 bits per heavy atom. The van der Waals surface area contributed by atoms with Crippen molar-refractivity contribution in [2.45, 2.75) is 26.8 Å². The van der Waals surface area contributed by atoms with Gasteiger partial charge in [0.15, 0.2) is 6.54 Å². The lowest BCUT2D eigenvalue weighted by Crippen LogP contribution is -3.00. The number of benzene rings is 2. The second-order valence-electron chi connectivity index (χ2n) is 5.62. The molecule has 0 atom stereocenters. The summed E-state index contributed by atoms with van der Waals surface area (Å²) in [6.07, 6.45) is 1.02. The lowest BCUT2D eigenvalue weighted by molar-refractivity contribution is -0.673. The Morgan fingerprint density at radius 2 is 1.74 bits per heavy atom. The van der Waals surface area contributed by atoms with Crippen LogP contribution in [0.2, 0.25) is 0 Å². The number of aromatic nitrogens is 1. The van der Waals surface area contributed by atoms with E-state index in [1.54, 1.807) is 0 Å². The zero-order valence-electron chi connectivity index (χ0n) is 13.5. The second-order valence-corrected chi connectivity index (χ2v) is 6.86. The van der Waals surface area contributed by atoms with Gasteiger partial charge in [0, 0.05) is 26.0 Å². The van der Waals surface area contributed by atoms with Gasteiger partial charge in [-0.25, -0.2) is 5.84 Å². The third-order valence-electron chi connectivity index (χ3n) is 3.94. The fourth-order valence-corrected chi connectivity index (χ4v) is 3.74. The summed E-state index contributed by atoms with van der Waals surface area (Å²) in [4.78, 5) is 0. The van der Waals surface area contributed by atoms with Gasteiger partial charge in [-0.2, -0.15) is 4.57 Å². The maximum atomic E-state index is 6.16. The summed E-state index contributed by atoms with van der Waals surface area (Å²) < 4.78 is 3.74. The number of para-hydroxylation sites is 1. The van der Waals surface area contributed by atoms with Gasteiger partial charge in [0.05, 0.1) is 5.69 Å². The maximum Gasteiger partial charge on any atom is 0.235 e. The summed E-state index contributed by atoms with van der Waals surface area (Å²) in [5, 5.41) is 3.18. The highest BCUT2D eigenvalue weighted by molar-refractivity contribution is 7.18. The van der Waals surface area contributed by atoms with Gasteiger partial charge in [-0.1, -0.05) is 41.2 Å². The van der Waals surface area contributed by atoms with Gasteiger partial charge in [-0.15, -0.1) is 0 Å². The number of halogens is 1. The fraction of sp³-hybridized carbons (Fsp3) is 0.278. The van der Waals surface area contributed by atoms with Crippen LogP contribution in [0.1, 0.15) is 17.0 Å². The number of hydrazine groups is 1. The van der Waals surface area contributed by atoms with Crippen LogP contribution >= 0.6 is 11.3 Å². The van der Waals surface area contributed by atoms with E-state index in [9.17, 15) is 0 Å². The molecule has 0 aliphatic rings. The molecule has 0 aliphatic carbocycles. The number of nitrogens with zero attached hydrogens (tertiary/aromatic N) is 2. The topological polar surface area (TPSA) is 33.1 Å². The molecule has 2 aromatic carbocycles. The molecule has 3 aromatic rings. The molecule has 0 saturated heterocycles. The van der Waals surface area contributed by atoms with Crippen molar-refractivity contribution in [3.8, 4) is 0 Å². The normalized spacial score (nSPS) is 10.6. The van der Waals surface area contributed by atoms with Crippen LogP contribution in [0.5, 0.6) is 0 Å². The minimum atomic E-state index is 0. The Labute approximate surface area is 152 Å². The molecule has 23 heavy (non-hydrogen) atoms. The van der Waals surface area contributed by atoms with E-state index >= 15 is 0 Å². The number of fused-ring (bicyclic) bond motifs is 1. The molecule has 0 spiro atoms. The lowest BCUT2D eigenvalue weighted by atomic mass is 10.2. The zero-order valence-corrected chi connectivity index (χ0v) is 15.9. The van der Waals surface area contributed by atoms with Crippen molar-refractivity contribution in [2.75, 3.05) is 11.6 Å². The molecule has 3 rings (SSSR count). The summed E-state index contributed by atoms with van der Waals surface area (Å²) in [5.41, 5.74) is 3.65. The van der Waals surface area contributed by atoms with Gasteiger partial charge in [0.1, 0.15) is 4.70 Å². The van der Waals surface area contributed by atoms with Crippen LogP contribution in [0.4, 0.5) is 5.69 Å². The molecule has 3 nitrogen and oxygen atoms in total. The van der Waals surface area contributed by atoms with Crippen molar-refractivity contribution in [2.24, 2.45) is 5.84 Å². The van der Waals surface area contributed by atoms with Crippen molar-refractivity contribution in [3.63, 3.8) is 0 Å². The van der Waals surface area contributed by atoms with Gasteiger partial charge in [0.25, 0.3) is 0 Å². The SMILES string of the molecule is Cc1ccc(N(N)CCC[n+]2c(C)sc3ccccc32)cc1.[Br-]. The van der Waals surface area contributed by atoms with E-state index in [1.165, 1.54) is 20.8 Å². The highest BCUT2D eigenvalue weighted by Gasteiger charge is 2.16. The highest BCUT2D eigenvalue weighted by atomic mass is 79.9. The van der Waals surface area contributed by atoms with E-state index in [4.69, 9.17) is 5.84 Å².